The molecule has 0 spiro atoms. The van der Waals surface area contributed by atoms with E-state index in [0.717, 1.165) is 48.8 Å². The van der Waals surface area contributed by atoms with Gasteiger partial charge in [0.2, 0.25) is 0 Å². The van der Waals surface area contributed by atoms with E-state index in [1.54, 1.807) is 12.1 Å². The highest BCUT2D eigenvalue weighted by molar-refractivity contribution is 5.87. The summed E-state index contributed by atoms with van der Waals surface area (Å²) in [5.41, 5.74) is 2.84. The molecule has 4 rings (SSSR count). The Hall–Kier alpha value is -2.29. The first kappa shape index (κ1) is 23.9. The second kappa shape index (κ2) is 10.8. The fourth-order valence-electron chi connectivity index (χ4n) is 4.71. The largest absolute Gasteiger partial charge is 0.458 e. The molecule has 0 aromatic heterocycles. The standard InChI is InChI=1S/C28H31F3O2/c1-2-3-4-5-21-18-32-27(33-19-21)23-10-8-22(9-11-23)25-13-12-24-16-20(6-7-26(24)17-25)14-15-28(29,30)31/h6-8,12-13,16-17,21,23,27H,2-5,9-11,18-19H2,1H3. The third-order valence-electron chi connectivity index (χ3n) is 6.60. The molecule has 0 radical (unpaired) electrons. The molecule has 2 aliphatic rings. The predicted octanol–water partition coefficient (Wildman–Crippen LogP) is 7.51. The van der Waals surface area contributed by atoms with Crippen LogP contribution in [0.15, 0.2) is 42.5 Å². The lowest BCUT2D eigenvalue weighted by molar-refractivity contribution is -0.225. The summed E-state index contributed by atoms with van der Waals surface area (Å²) in [7, 11) is 0. The SMILES string of the molecule is CCCCCC1COC(C2CC=C(c3ccc4cc(C#CC(F)(F)F)ccc4c3)CC2)OC1. The summed E-state index contributed by atoms with van der Waals surface area (Å²) in [5.74, 6) is 4.44. The molecular weight excluding hydrogens is 425 g/mol. The van der Waals surface area contributed by atoms with Crippen LogP contribution in [0, 0.1) is 23.7 Å². The molecule has 0 saturated carbocycles. The first-order valence-electron chi connectivity index (χ1n) is 12.0. The second-order valence-corrected chi connectivity index (χ2v) is 9.19. The number of hydrogen-bond donors (Lipinski definition) is 0. The molecular formula is C28H31F3O2. The van der Waals surface area contributed by atoms with E-state index in [2.05, 4.69) is 25.0 Å². The molecule has 1 aliphatic carbocycles. The van der Waals surface area contributed by atoms with Gasteiger partial charge in [-0.15, -0.1) is 0 Å². The van der Waals surface area contributed by atoms with Crippen molar-refractivity contribution < 1.29 is 22.6 Å². The van der Waals surface area contributed by atoms with Crippen molar-refractivity contribution in [2.45, 2.75) is 64.3 Å². The molecule has 1 saturated heterocycles. The smallest absolute Gasteiger partial charge is 0.352 e. The Morgan fingerprint density at radius 1 is 1.00 bits per heavy atom. The topological polar surface area (TPSA) is 18.5 Å². The summed E-state index contributed by atoms with van der Waals surface area (Å²) in [4.78, 5) is 0. The molecule has 1 atom stereocenters. The summed E-state index contributed by atoms with van der Waals surface area (Å²) in [6.07, 6.45) is 5.60. The molecule has 1 heterocycles. The number of allylic oxidation sites excluding steroid dienone is 2. The molecule has 1 unspecified atom stereocenters. The molecule has 0 amide bonds. The first-order valence-corrected chi connectivity index (χ1v) is 12.0. The number of halogens is 3. The van der Waals surface area contributed by atoms with Gasteiger partial charge >= 0.3 is 6.18 Å². The van der Waals surface area contributed by atoms with Crippen molar-refractivity contribution in [3.05, 3.63) is 53.6 Å². The summed E-state index contributed by atoms with van der Waals surface area (Å²) in [6.45, 7) is 3.84. The Balaban J connectivity index is 1.35. The van der Waals surface area contributed by atoms with E-state index in [1.165, 1.54) is 37.2 Å². The molecule has 2 aromatic rings. The van der Waals surface area contributed by atoms with E-state index >= 15 is 0 Å². The highest BCUT2D eigenvalue weighted by Crippen LogP contribution is 2.35. The molecule has 5 heteroatoms. The number of ether oxygens (including phenoxy) is 2. The Bertz CT molecular complexity index is 1040. The lowest BCUT2D eigenvalue weighted by atomic mass is 9.85. The third-order valence-corrected chi connectivity index (χ3v) is 6.60. The van der Waals surface area contributed by atoms with Crippen molar-refractivity contribution in [1.82, 2.24) is 0 Å². The van der Waals surface area contributed by atoms with Crippen molar-refractivity contribution in [2.75, 3.05) is 13.2 Å². The lowest BCUT2D eigenvalue weighted by Crippen LogP contribution is -2.37. The number of unbranched alkanes of at least 4 members (excludes halogenated alkanes) is 2. The average molecular weight is 457 g/mol. The molecule has 1 fully saturated rings. The maximum absolute atomic E-state index is 12.3. The molecule has 2 nitrogen and oxygen atoms in total. The van der Waals surface area contributed by atoms with Gasteiger partial charge < -0.3 is 9.47 Å². The quantitative estimate of drug-likeness (QED) is 0.331. The Morgan fingerprint density at radius 2 is 1.76 bits per heavy atom. The van der Waals surface area contributed by atoms with Crippen molar-refractivity contribution in [3.8, 4) is 11.8 Å². The van der Waals surface area contributed by atoms with E-state index in [0.29, 0.717) is 17.4 Å². The van der Waals surface area contributed by atoms with Crippen LogP contribution in [0.5, 0.6) is 0 Å². The van der Waals surface area contributed by atoms with Gasteiger partial charge in [0.15, 0.2) is 6.29 Å². The fraction of sp³-hybridized carbons (Fsp3) is 0.500. The van der Waals surface area contributed by atoms with Crippen LogP contribution in [0.4, 0.5) is 13.2 Å². The van der Waals surface area contributed by atoms with Crippen molar-refractivity contribution >= 4 is 16.3 Å². The van der Waals surface area contributed by atoms with Gasteiger partial charge in [0.25, 0.3) is 0 Å². The Labute approximate surface area is 194 Å². The van der Waals surface area contributed by atoms with Gasteiger partial charge in [0.05, 0.1) is 13.2 Å². The number of hydrogen-bond acceptors (Lipinski definition) is 2. The van der Waals surface area contributed by atoms with E-state index in [9.17, 15) is 13.2 Å². The molecule has 176 valence electrons. The van der Waals surface area contributed by atoms with Gasteiger partial charge in [-0.25, -0.2) is 0 Å². The number of benzene rings is 2. The van der Waals surface area contributed by atoms with E-state index in [4.69, 9.17) is 9.47 Å². The Morgan fingerprint density at radius 3 is 2.45 bits per heavy atom. The molecule has 1 aliphatic heterocycles. The van der Waals surface area contributed by atoms with Crippen molar-refractivity contribution in [3.63, 3.8) is 0 Å². The molecule has 0 bridgehead atoms. The van der Waals surface area contributed by atoms with E-state index in [-0.39, 0.29) is 6.29 Å². The van der Waals surface area contributed by atoms with Crippen LogP contribution >= 0.6 is 0 Å². The molecule has 33 heavy (non-hydrogen) atoms. The monoisotopic (exact) mass is 456 g/mol. The third kappa shape index (κ3) is 6.62. The van der Waals surface area contributed by atoms with Gasteiger partial charge in [0.1, 0.15) is 0 Å². The van der Waals surface area contributed by atoms with Gasteiger partial charge in [-0.2, -0.15) is 13.2 Å². The maximum Gasteiger partial charge on any atom is 0.458 e. The summed E-state index contributed by atoms with van der Waals surface area (Å²) in [5, 5.41) is 1.89. The van der Waals surface area contributed by atoms with E-state index < -0.39 is 6.18 Å². The number of fused-ring (bicyclic) bond motifs is 1. The maximum atomic E-state index is 12.3. The van der Waals surface area contributed by atoms with Gasteiger partial charge in [-0.05, 0) is 65.8 Å². The van der Waals surface area contributed by atoms with Crippen molar-refractivity contribution in [2.24, 2.45) is 11.8 Å². The van der Waals surface area contributed by atoms with Crippen LogP contribution in [0.2, 0.25) is 0 Å². The van der Waals surface area contributed by atoms with Crippen LogP contribution in [0.3, 0.4) is 0 Å². The minimum absolute atomic E-state index is 0.0990. The normalized spacial score (nSPS) is 23.6. The zero-order valence-electron chi connectivity index (χ0n) is 19.1. The van der Waals surface area contributed by atoms with Gasteiger partial charge in [0, 0.05) is 23.3 Å². The zero-order chi connectivity index (χ0) is 23.3. The second-order valence-electron chi connectivity index (χ2n) is 9.19. The van der Waals surface area contributed by atoms with Crippen LogP contribution in [0.1, 0.15) is 63.0 Å². The summed E-state index contributed by atoms with van der Waals surface area (Å²) < 4.78 is 49.2. The van der Waals surface area contributed by atoms with Gasteiger partial charge in [-0.3, -0.25) is 0 Å². The molecule has 0 N–H and O–H groups in total. The predicted molar refractivity (Wildman–Crippen MR) is 126 cm³/mol. The zero-order valence-corrected chi connectivity index (χ0v) is 19.1. The molecule has 2 aromatic carbocycles. The van der Waals surface area contributed by atoms with Crippen LogP contribution < -0.4 is 0 Å². The highest BCUT2D eigenvalue weighted by atomic mass is 19.4. The van der Waals surface area contributed by atoms with Crippen LogP contribution in [-0.4, -0.2) is 25.7 Å². The van der Waals surface area contributed by atoms with Crippen LogP contribution in [-0.2, 0) is 9.47 Å². The Kier molecular flexibility index (Phi) is 7.78. The average Bonchev–Trinajstić information content (AvgIpc) is 2.83. The number of alkyl halides is 3. The summed E-state index contributed by atoms with van der Waals surface area (Å²) in [6, 6.07) is 11.3. The van der Waals surface area contributed by atoms with Crippen molar-refractivity contribution in [1.29, 1.82) is 0 Å². The minimum Gasteiger partial charge on any atom is -0.352 e. The van der Waals surface area contributed by atoms with Gasteiger partial charge in [-0.1, -0.05) is 56.4 Å². The highest BCUT2D eigenvalue weighted by Gasteiger charge is 2.30. The van der Waals surface area contributed by atoms with E-state index in [1.807, 2.05) is 18.2 Å². The summed E-state index contributed by atoms with van der Waals surface area (Å²) >= 11 is 0. The van der Waals surface area contributed by atoms with Crippen LogP contribution in [0.25, 0.3) is 16.3 Å². The minimum atomic E-state index is -4.48. The first-order chi connectivity index (χ1) is 15.9. The number of rotatable bonds is 6. The fourth-order valence-corrected chi connectivity index (χ4v) is 4.71. The lowest BCUT2D eigenvalue weighted by Gasteiger charge is -2.35.